The van der Waals surface area contributed by atoms with E-state index in [0.717, 1.165) is 6.54 Å². The van der Waals surface area contributed by atoms with Gasteiger partial charge in [0.2, 0.25) is 0 Å². The highest BCUT2D eigenvalue weighted by molar-refractivity contribution is 6.08. The minimum Gasteiger partial charge on any atom is -0.354 e. The molecule has 0 bridgehead atoms. The summed E-state index contributed by atoms with van der Waals surface area (Å²) in [6.45, 7) is 0.839. The smallest absolute Gasteiger partial charge is 0.100 e. The van der Waals surface area contributed by atoms with Crippen LogP contribution in [0.1, 0.15) is 5.56 Å². The molecule has 78 valence electrons. The fourth-order valence-electron chi connectivity index (χ4n) is 2.34. The average molecular weight is 208 g/mol. The normalized spacial score (nSPS) is 11.1. The van der Waals surface area contributed by atoms with E-state index in [9.17, 15) is 0 Å². The quantitative estimate of drug-likeness (QED) is 0.595. The second-order valence-corrected chi connectivity index (χ2v) is 4.05. The molecule has 0 saturated carbocycles. The van der Waals surface area contributed by atoms with Gasteiger partial charge in [0.05, 0.1) is 0 Å². The predicted molar refractivity (Wildman–Crippen MR) is 68.0 cm³/mol. The zero-order chi connectivity index (χ0) is 11.0. The topological polar surface area (TPSA) is 27.6 Å². The molecule has 3 aromatic rings. The van der Waals surface area contributed by atoms with Gasteiger partial charge in [0, 0.05) is 5.56 Å². The van der Waals surface area contributed by atoms with Gasteiger partial charge in [-0.15, -0.1) is 0 Å². The third-order valence-electron chi connectivity index (χ3n) is 3.12. The lowest BCUT2D eigenvalue weighted by Crippen LogP contribution is -2.47. The van der Waals surface area contributed by atoms with Gasteiger partial charge in [-0.3, -0.25) is 0 Å². The van der Waals surface area contributed by atoms with E-state index in [0.29, 0.717) is 0 Å². The molecule has 3 rings (SSSR count). The number of rotatable bonds is 1. The van der Waals surface area contributed by atoms with E-state index in [1.165, 1.54) is 27.1 Å². The van der Waals surface area contributed by atoms with Crippen LogP contribution in [0.25, 0.3) is 21.5 Å². The van der Waals surface area contributed by atoms with Crippen molar-refractivity contribution in [2.24, 2.45) is 0 Å². The molecule has 0 saturated heterocycles. The van der Waals surface area contributed by atoms with Gasteiger partial charge in [0.1, 0.15) is 6.54 Å². The van der Waals surface area contributed by atoms with Crippen molar-refractivity contribution in [3.8, 4) is 0 Å². The monoisotopic (exact) mass is 208 g/mol. The Morgan fingerprint density at radius 3 is 2.12 bits per heavy atom. The average Bonchev–Trinajstić information content (AvgIpc) is 2.38. The summed E-state index contributed by atoms with van der Waals surface area (Å²) in [5, 5.41) is 5.30. The Hall–Kier alpha value is -1.86. The number of hydrogen-bond donors (Lipinski definition) is 1. The first-order chi connectivity index (χ1) is 7.90. The minimum absolute atomic E-state index is 0.839. The van der Waals surface area contributed by atoms with E-state index in [4.69, 9.17) is 0 Å². The molecule has 0 aliphatic rings. The van der Waals surface area contributed by atoms with Crippen molar-refractivity contribution in [2.45, 2.75) is 6.54 Å². The third-order valence-corrected chi connectivity index (χ3v) is 3.12. The molecule has 1 heteroatoms. The van der Waals surface area contributed by atoms with Crippen LogP contribution in [0.2, 0.25) is 0 Å². The van der Waals surface area contributed by atoms with E-state index >= 15 is 0 Å². The summed E-state index contributed by atoms with van der Waals surface area (Å²) >= 11 is 0. The molecule has 0 unspecified atom stereocenters. The highest BCUT2D eigenvalue weighted by Gasteiger charge is 2.04. The van der Waals surface area contributed by atoms with Crippen molar-refractivity contribution >= 4 is 21.5 Å². The maximum atomic E-state index is 4.01. The van der Waals surface area contributed by atoms with Crippen LogP contribution in [-0.2, 0) is 6.54 Å². The van der Waals surface area contributed by atoms with Crippen LogP contribution in [0.15, 0.2) is 54.6 Å². The van der Waals surface area contributed by atoms with Gasteiger partial charge in [-0.1, -0.05) is 48.5 Å². The lowest BCUT2D eigenvalue weighted by molar-refractivity contribution is -0.386. The molecule has 16 heavy (non-hydrogen) atoms. The van der Waals surface area contributed by atoms with E-state index in [1.807, 2.05) is 0 Å². The van der Waals surface area contributed by atoms with Crippen LogP contribution in [0.5, 0.6) is 0 Å². The van der Waals surface area contributed by atoms with E-state index in [1.54, 1.807) is 0 Å². The molecule has 0 heterocycles. The van der Waals surface area contributed by atoms with Gasteiger partial charge in [0.25, 0.3) is 0 Å². The lowest BCUT2D eigenvalue weighted by Gasteiger charge is -2.07. The second kappa shape index (κ2) is 3.62. The van der Waals surface area contributed by atoms with Gasteiger partial charge >= 0.3 is 0 Å². The highest BCUT2D eigenvalue weighted by Crippen LogP contribution is 2.27. The summed E-state index contributed by atoms with van der Waals surface area (Å²) in [7, 11) is 0. The largest absolute Gasteiger partial charge is 0.354 e. The van der Waals surface area contributed by atoms with Crippen molar-refractivity contribution in [3.05, 3.63) is 60.2 Å². The summed E-state index contributed by atoms with van der Waals surface area (Å²) in [5.41, 5.74) is 5.34. The standard InChI is InChI=1S/C15H13N/c16-10-12-9-11-5-1-2-6-13(11)15-8-4-3-7-14(12)15/h1-9H,10,16H2/p+1. The Bertz CT molecular complexity index is 656. The van der Waals surface area contributed by atoms with Gasteiger partial charge in [-0.05, 0) is 27.6 Å². The zero-order valence-electron chi connectivity index (χ0n) is 9.11. The first-order valence-corrected chi connectivity index (χ1v) is 5.59. The fourth-order valence-corrected chi connectivity index (χ4v) is 2.34. The number of benzene rings is 3. The van der Waals surface area contributed by atoms with Crippen molar-refractivity contribution in [1.82, 2.24) is 0 Å². The van der Waals surface area contributed by atoms with Crippen LogP contribution in [0.4, 0.5) is 0 Å². The number of hydrogen-bond acceptors (Lipinski definition) is 0. The van der Waals surface area contributed by atoms with Crippen LogP contribution >= 0.6 is 0 Å². The summed E-state index contributed by atoms with van der Waals surface area (Å²) in [5.74, 6) is 0. The first kappa shape index (κ1) is 9.37. The predicted octanol–water partition coefficient (Wildman–Crippen LogP) is 2.73. The van der Waals surface area contributed by atoms with Crippen molar-refractivity contribution < 1.29 is 5.73 Å². The number of quaternary nitrogens is 1. The SMILES string of the molecule is [NH3+]Cc1cc2ccccc2c2ccccc12. The zero-order valence-corrected chi connectivity index (χ0v) is 9.11. The molecular formula is C15H14N+. The molecule has 0 aromatic heterocycles. The molecule has 0 amide bonds. The van der Waals surface area contributed by atoms with Crippen LogP contribution in [0.3, 0.4) is 0 Å². The maximum absolute atomic E-state index is 4.01. The molecule has 3 N–H and O–H groups in total. The minimum atomic E-state index is 0.839. The third kappa shape index (κ3) is 1.29. The van der Waals surface area contributed by atoms with Crippen molar-refractivity contribution in [2.75, 3.05) is 0 Å². The van der Waals surface area contributed by atoms with E-state index in [2.05, 4.69) is 60.3 Å². The van der Waals surface area contributed by atoms with Gasteiger partial charge in [-0.2, -0.15) is 0 Å². The Kier molecular flexibility index (Phi) is 2.12. The summed E-state index contributed by atoms with van der Waals surface area (Å²) in [6, 6.07) is 19.4. The Morgan fingerprint density at radius 1 is 0.750 bits per heavy atom. The molecule has 0 aliphatic carbocycles. The lowest BCUT2D eigenvalue weighted by atomic mass is 9.97. The van der Waals surface area contributed by atoms with Crippen LogP contribution in [-0.4, -0.2) is 0 Å². The van der Waals surface area contributed by atoms with Crippen LogP contribution < -0.4 is 5.73 Å². The molecule has 1 nitrogen and oxygen atoms in total. The second-order valence-electron chi connectivity index (χ2n) is 4.05. The fraction of sp³-hybridized carbons (Fsp3) is 0.0667. The molecule has 0 atom stereocenters. The van der Waals surface area contributed by atoms with Crippen molar-refractivity contribution in [1.29, 1.82) is 0 Å². The molecule has 0 radical (unpaired) electrons. The maximum Gasteiger partial charge on any atom is 0.100 e. The van der Waals surface area contributed by atoms with E-state index in [-0.39, 0.29) is 0 Å². The molecule has 0 spiro atoms. The summed E-state index contributed by atoms with van der Waals surface area (Å²) in [4.78, 5) is 0. The van der Waals surface area contributed by atoms with Gasteiger partial charge in [-0.25, -0.2) is 0 Å². The Labute approximate surface area is 94.5 Å². The van der Waals surface area contributed by atoms with Gasteiger partial charge < -0.3 is 5.73 Å². The molecular weight excluding hydrogens is 194 g/mol. The Morgan fingerprint density at radius 2 is 1.38 bits per heavy atom. The molecule has 0 fully saturated rings. The van der Waals surface area contributed by atoms with Crippen molar-refractivity contribution in [3.63, 3.8) is 0 Å². The Balaban J connectivity index is 2.57. The highest BCUT2D eigenvalue weighted by atomic mass is 14.5. The van der Waals surface area contributed by atoms with Gasteiger partial charge in [0.15, 0.2) is 0 Å². The summed E-state index contributed by atoms with van der Waals surface area (Å²) < 4.78 is 0. The van der Waals surface area contributed by atoms with E-state index < -0.39 is 0 Å². The molecule has 0 aliphatic heterocycles. The summed E-state index contributed by atoms with van der Waals surface area (Å²) in [6.07, 6.45) is 0. The molecule has 3 aromatic carbocycles. The van der Waals surface area contributed by atoms with Crippen LogP contribution in [0, 0.1) is 0 Å². The number of fused-ring (bicyclic) bond motifs is 3. The first-order valence-electron chi connectivity index (χ1n) is 5.59.